The van der Waals surface area contributed by atoms with Crippen LogP contribution in [0.4, 0.5) is 0 Å². The maximum atomic E-state index is 11.5. The number of aliphatic hydroxyl groups excluding tert-OH is 2. The van der Waals surface area contributed by atoms with Crippen LogP contribution in [0.5, 0.6) is 0 Å². The van der Waals surface area contributed by atoms with Gasteiger partial charge >= 0.3 is 11.9 Å². The average Bonchev–Trinajstić information content (AvgIpc) is 2.58. The first-order valence-corrected chi connectivity index (χ1v) is 8.23. The summed E-state index contributed by atoms with van der Waals surface area (Å²) >= 11 is 0. The zero-order chi connectivity index (χ0) is 18.2. The zero-order valence-electron chi connectivity index (χ0n) is 14.0. The van der Waals surface area contributed by atoms with Gasteiger partial charge in [-0.1, -0.05) is 12.8 Å². The Morgan fingerprint density at radius 2 is 1.04 bits per heavy atom. The molecule has 4 N–H and O–H groups in total. The first kappa shape index (κ1) is 22.2. The number of unbranched alkanes of at least 4 members (excludes halogenated alkanes) is 4. The van der Waals surface area contributed by atoms with Crippen molar-refractivity contribution in [1.29, 1.82) is 10.8 Å². The van der Waals surface area contributed by atoms with E-state index in [1.165, 1.54) is 0 Å². The molecule has 24 heavy (non-hydrogen) atoms. The molecular formula is C16H28N2O6. The van der Waals surface area contributed by atoms with E-state index in [1.807, 2.05) is 0 Å². The summed E-state index contributed by atoms with van der Waals surface area (Å²) in [6.07, 6.45) is 4.62. The van der Waals surface area contributed by atoms with Crippen LogP contribution in [0.2, 0.25) is 0 Å². The molecule has 0 rings (SSSR count). The molecule has 0 atom stereocenters. The molecule has 8 heteroatoms. The lowest BCUT2D eigenvalue weighted by atomic mass is 10.1. The van der Waals surface area contributed by atoms with Gasteiger partial charge in [-0.3, -0.25) is 10.8 Å². The second-order valence-electron chi connectivity index (χ2n) is 5.30. The zero-order valence-corrected chi connectivity index (χ0v) is 14.0. The number of hydrogen-bond donors (Lipinski definition) is 4. The van der Waals surface area contributed by atoms with Crippen LogP contribution in [0, 0.1) is 10.8 Å². The first-order valence-electron chi connectivity index (χ1n) is 8.23. The van der Waals surface area contributed by atoms with Crippen LogP contribution in [0.1, 0.15) is 51.4 Å². The van der Waals surface area contributed by atoms with Crippen LogP contribution in [0.15, 0.2) is 0 Å². The van der Waals surface area contributed by atoms with E-state index in [4.69, 9.17) is 30.5 Å². The van der Waals surface area contributed by atoms with Crippen molar-refractivity contribution in [1.82, 2.24) is 0 Å². The third-order valence-electron chi connectivity index (χ3n) is 3.21. The Balaban J connectivity index is 3.72. The molecule has 0 aliphatic carbocycles. The van der Waals surface area contributed by atoms with Gasteiger partial charge in [-0.2, -0.15) is 0 Å². The number of esters is 2. The van der Waals surface area contributed by atoms with Crippen molar-refractivity contribution in [2.24, 2.45) is 0 Å². The summed E-state index contributed by atoms with van der Waals surface area (Å²) in [5, 5.41) is 32.3. The van der Waals surface area contributed by atoms with Crippen molar-refractivity contribution in [2.45, 2.75) is 51.4 Å². The van der Waals surface area contributed by atoms with Crippen molar-refractivity contribution >= 4 is 23.4 Å². The Hall–Kier alpha value is -1.80. The topological polar surface area (TPSA) is 141 Å². The second-order valence-corrected chi connectivity index (χ2v) is 5.30. The lowest BCUT2D eigenvalue weighted by molar-refractivity contribution is -0.143. The van der Waals surface area contributed by atoms with E-state index in [9.17, 15) is 9.59 Å². The van der Waals surface area contributed by atoms with Gasteiger partial charge in [0.15, 0.2) is 0 Å². The smallest absolute Gasteiger partial charge is 0.352 e. The molecule has 0 aromatic rings. The van der Waals surface area contributed by atoms with Crippen LogP contribution < -0.4 is 0 Å². The molecule has 8 nitrogen and oxygen atoms in total. The lowest BCUT2D eigenvalue weighted by Gasteiger charge is -2.08. The molecule has 0 aromatic carbocycles. The Kier molecular flexibility index (Phi) is 13.7. The quantitative estimate of drug-likeness (QED) is 0.200. The first-order chi connectivity index (χ1) is 11.5. The highest BCUT2D eigenvalue weighted by Crippen LogP contribution is 2.02. The number of carbonyl (C=O) groups excluding carboxylic acids is 2. The van der Waals surface area contributed by atoms with Crippen molar-refractivity contribution < 1.29 is 29.3 Å². The molecule has 138 valence electrons. The number of nitrogens with one attached hydrogen (secondary N) is 2. The van der Waals surface area contributed by atoms with Gasteiger partial charge in [-0.25, -0.2) is 9.59 Å². The molecule has 0 spiro atoms. The minimum atomic E-state index is -0.742. The molecule has 0 radical (unpaired) electrons. The van der Waals surface area contributed by atoms with Gasteiger partial charge in [-0.15, -0.1) is 0 Å². The minimum Gasteiger partial charge on any atom is -0.458 e. The molecule has 0 aromatic heterocycles. The Morgan fingerprint density at radius 1 is 0.667 bits per heavy atom. The van der Waals surface area contributed by atoms with Gasteiger partial charge in [0.25, 0.3) is 0 Å². The van der Waals surface area contributed by atoms with E-state index < -0.39 is 11.9 Å². The van der Waals surface area contributed by atoms with E-state index in [1.54, 1.807) is 0 Å². The lowest BCUT2D eigenvalue weighted by Crippen LogP contribution is -2.22. The number of ether oxygens (including phenoxy) is 2. The fourth-order valence-corrected chi connectivity index (χ4v) is 1.83. The third kappa shape index (κ3) is 11.7. The van der Waals surface area contributed by atoms with Gasteiger partial charge < -0.3 is 19.7 Å². The summed E-state index contributed by atoms with van der Waals surface area (Å²) in [6.45, 7) is -0.109. The average molecular weight is 344 g/mol. The maximum absolute atomic E-state index is 11.5. The Labute approximate surface area is 142 Å². The van der Waals surface area contributed by atoms with Crippen LogP contribution >= 0.6 is 0 Å². The summed E-state index contributed by atoms with van der Waals surface area (Å²) in [4.78, 5) is 23.0. The number of rotatable bonds is 15. The van der Waals surface area contributed by atoms with Gasteiger partial charge in [-0.05, 0) is 38.5 Å². The fraction of sp³-hybridized carbons (Fsp3) is 0.750. The predicted octanol–water partition coefficient (Wildman–Crippen LogP) is 1.22. The molecular weight excluding hydrogens is 316 g/mol. The van der Waals surface area contributed by atoms with Gasteiger partial charge in [0.2, 0.25) is 0 Å². The van der Waals surface area contributed by atoms with Crippen LogP contribution in [-0.2, 0) is 19.1 Å². The SMILES string of the molecule is N=C(CCCCCO)C(=O)OCCOC(=O)C(=N)CCCCCO. The van der Waals surface area contributed by atoms with Crippen molar-refractivity contribution in [3.63, 3.8) is 0 Å². The molecule has 0 aliphatic rings. The molecule has 0 saturated heterocycles. The molecule has 0 aliphatic heterocycles. The van der Waals surface area contributed by atoms with Crippen LogP contribution in [0.3, 0.4) is 0 Å². The summed E-state index contributed by atoms with van der Waals surface area (Å²) < 4.78 is 9.63. The molecule has 0 amide bonds. The van der Waals surface area contributed by atoms with Gasteiger partial charge in [0, 0.05) is 13.2 Å². The van der Waals surface area contributed by atoms with E-state index >= 15 is 0 Å². The number of hydrogen-bond acceptors (Lipinski definition) is 8. The largest absolute Gasteiger partial charge is 0.458 e. The molecule has 0 unspecified atom stereocenters. The standard InChI is InChI=1S/C16H28N2O6/c17-13(7-3-1-5-9-19)15(21)23-11-12-24-16(22)14(18)8-4-2-6-10-20/h17-20H,1-12H2. The summed E-state index contributed by atoms with van der Waals surface area (Å²) in [5.74, 6) is -1.48. The minimum absolute atomic E-state index is 0.0968. The second kappa shape index (κ2) is 14.8. The monoisotopic (exact) mass is 344 g/mol. The Bertz CT molecular complexity index is 373. The van der Waals surface area contributed by atoms with Crippen molar-refractivity contribution in [2.75, 3.05) is 26.4 Å². The van der Waals surface area contributed by atoms with E-state index in [0.717, 1.165) is 12.8 Å². The van der Waals surface area contributed by atoms with Crippen LogP contribution in [0.25, 0.3) is 0 Å². The summed E-state index contributed by atoms with van der Waals surface area (Å²) in [7, 11) is 0. The van der Waals surface area contributed by atoms with Gasteiger partial charge in [0.05, 0.1) is 0 Å². The highest BCUT2D eigenvalue weighted by atomic mass is 16.6. The number of carbonyl (C=O) groups is 2. The van der Waals surface area contributed by atoms with E-state index in [2.05, 4.69) is 0 Å². The molecule has 0 fully saturated rings. The highest BCUT2D eigenvalue weighted by Gasteiger charge is 2.13. The van der Waals surface area contributed by atoms with Gasteiger partial charge in [0.1, 0.15) is 24.6 Å². The van der Waals surface area contributed by atoms with Crippen molar-refractivity contribution in [3.8, 4) is 0 Å². The maximum Gasteiger partial charge on any atom is 0.352 e. The normalized spacial score (nSPS) is 10.2. The molecule has 0 heterocycles. The van der Waals surface area contributed by atoms with E-state index in [0.29, 0.717) is 25.7 Å². The summed E-state index contributed by atoms with van der Waals surface area (Å²) in [6, 6.07) is 0. The molecule has 0 bridgehead atoms. The fourth-order valence-electron chi connectivity index (χ4n) is 1.83. The predicted molar refractivity (Wildman–Crippen MR) is 88.5 cm³/mol. The Morgan fingerprint density at radius 3 is 1.38 bits per heavy atom. The van der Waals surface area contributed by atoms with Crippen LogP contribution in [-0.4, -0.2) is 60.0 Å². The highest BCUT2D eigenvalue weighted by molar-refractivity contribution is 6.35. The molecule has 0 saturated carbocycles. The summed E-state index contributed by atoms with van der Waals surface area (Å²) in [5.41, 5.74) is -0.285. The number of aliphatic hydroxyl groups is 2. The van der Waals surface area contributed by atoms with Crippen molar-refractivity contribution in [3.05, 3.63) is 0 Å². The third-order valence-corrected chi connectivity index (χ3v) is 3.21. The van der Waals surface area contributed by atoms with E-state index in [-0.39, 0.29) is 50.7 Å².